The Bertz CT molecular complexity index is 420. The highest BCUT2D eigenvalue weighted by Crippen LogP contribution is 2.12. The minimum atomic E-state index is 0. The molecule has 1 heterocycles. The fourth-order valence-corrected chi connectivity index (χ4v) is 2.06. The lowest BCUT2D eigenvalue weighted by Crippen LogP contribution is -2.41. The molecule has 0 saturated carbocycles. The van der Waals surface area contributed by atoms with Gasteiger partial charge in [0.05, 0.1) is 6.61 Å². The van der Waals surface area contributed by atoms with Gasteiger partial charge in [-0.05, 0) is 37.0 Å². The number of unbranched alkanes of at least 4 members (excludes halogenated alkanes) is 1. The van der Waals surface area contributed by atoms with Crippen molar-refractivity contribution in [2.45, 2.75) is 32.6 Å². The molecule has 1 aliphatic rings. The summed E-state index contributed by atoms with van der Waals surface area (Å²) in [5.74, 6) is 1.91. The normalized spacial score (nSPS) is 13.7. The van der Waals surface area contributed by atoms with Crippen LogP contribution in [0.3, 0.4) is 0 Å². The summed E-state index contributed by atoms with van der Waals surface area (Å²) >= 11 is 0. The van der Waals surface area contributed by atoms with E-state index in [2.05, 4.69) is 46.8 Å². The van der Waals surface area contributed by atoms with Crippen LogP contribution in [0.15, 0.2) is 29.3 Å². The first-order valence-corrected chi connectivity index (χ1v) is 7.62. The average molecular weight is 403 g/mol. The van der Waals surface area contributed by atoms with Crippen LogP contribution in [0.4, 0.5) is 0 Å². The number of hydrogen-bond acceptors (Lipinski definition) is 4. The van der Waals surface area contributed by atoms with Gasteiger partial charge in [-0.2, -0.15) is 0 Å². The summed E-state index contributed by atoms with van der Waals surface area (Å²) in [6.07, 6.45) is 4.41. The molecule has 118 valence electrons. The first-order valence-electron chi connectivity index (χ1n) is 7.62. The van der Waals surface area contributed by atoms with E-state index in [1.54, 1.807) is 0 Å². The highest BCUT2D eigenvalue weighted by atomic mass is 127. The SMILES string of the molecule is CCCCOc1ccc(CCNC2=NCCCN2)cc1.I. The van der Waals surface area contributed by atoms with E-state index in [1.165, 1.54) is 12.0 Å². The van der Waals surface area contributed by atoms with Crippen molar-refractivity contribution in [3.05, 3.63) is 29.8 Å². The molecule has 0 fully saturated rings. The topological polar surface area (TPSA) is 45.6 Å². The molecule has 0 unspecified atom stereocenters. The lowest BCUT2D eigenvalue weighted by molar-refractivity contribution is 0.309. The summed E-state index contributed by atoms with van der Waals surface area (Å²) in [4.78, 5) is 4.39. The molecule has 2 rings (SSSR count). The van der Waals surface area contributed by atoms with E-state index in [0.29, 0.717) is 0 Å². The Hall–Kier alpha value is -0.980. The minimum absolute atomic E-state index is 0. The summed E-state index contributed by atoms with van der Waals surface area (Å²) in [5, 5.41) is 6.60. The van der Waals surface area contributed by atoms with E-state index >= 15 is 0 Å². The second kappa shape index (κ2) is 10.7. The van der Waals surface area contributed by atoms with Crippen LogP contribution in [0.5, 0.6) is 5.75 Å². The zero-order valence-electron chi connectivity index (χ0n) is 12.7. The van der Waals surface area contributed by atoms with Crippen molar-refractivity contribution < 1.29 is 4.74 Å². The van der Waals surface area contributed by atoms with Crippen molar-refractivity contribution in [1.29, 1.82) is 0 Å². The smallest absolute Gasteiger partial charge is 0.191 e. The van der Waals surface area contributed by atoms with Gasteiger partial charge in [0.15, 0.2) is 5.96 Å². The molecular weight excluding hydrogens is 377 g/mol. The van der Waals surface area contributed by atoms with Crippen molar-refractivity contribution in [3.63, 3.8) is 0 Å². The number of hydrogen-bond donors (Lipinski definition) is 2. The van der Waals surface area contributed by atoms with E-state index in [1.807, 2.05) is 0 Å². The number of guanidine groups is 1. The van der Waals surface area contributed by atoms with Crippen LogP contribution in [0.2, 0.25) is 0 Å². The van der Waals surface area contributed by atoms with E-state index in [9.17, 15) is 0 Å². The highest BCUT2D eigenvalue weighted by Gasteiger charge is 2.02. The van der Waals surface area contributed by atoms with Crippen molar-refractivity contribution in [2.75, 3.05) is 26.2 Å². The monoisotopic (exact) mass is 403 g/mol. The number of ether oxygens (including phenoxy) is 1. The Morgan fingerprint density at radius 3 is 2.76 bits per heavy atom. The molecule has 4 nitrogen and oxygen atoms in total. The maximum Gasteiger partial charge on any atom is 0.191 e. The molecule has 0 radical (unpaired) electrons. The Balaban J connectivity index is 0.00000220. The fourth-order valence-electron chi connectivity index (χ4n) is 2.06. The van der Waals surface area contributed by atoms with E-state index in [0.717, 1.165) is 57.2 Å². The molecule has 5 heteroatoms. The van der Waals surface area contributed by atoms with Crippen LogP contribution in [-0.2, 0) is 6.42 Å². The van der Waals surface area contributed by atoms with Crippen LogP contribution in [0.25, 0.3) is 0 Å². The molecule has 1 aliphatic heterocycles. The predicted octanol–water partition coefficient (Wildman–Crippen LogP) is 2.96. The summed E-state index contributed by atoms with van der Waals surface area (Å²) in [5.41, 5.74) is 1.32. The number of halogens is 1. The predicted molar refractivity (Wildman–Crippen MR) is 98.9 cm³/mol. The molecule has 0 atom stereocenters. The van der Waals surface area contributed by atoms with Crippen LogP contribution in [-0.4, -0.2) is 32.2 Å². The van der Waals surface area contributed by atoms with Gasteiger partial charge in [-0.15, -0.1) is 24.0 Å². The summed E-state index contributed by atoms with van der Waals surface area (Å²) in [6.45, 7) is 5.84. The van der Waals surface area contributed by atoms with Crippen LogP contribution >= 0.6 is 24.0 Å². The fraction of sp³-hybridized carbons (Fsp3) is 0.562. The van der Waals surface area contributed by atoms with Gasteiger partial charge in [0.25, 0.3) is 0 Å². The first kappa shape index (κ1) is 18.1. The molecule has 0 bridgehead atoms. The summed E-state index contributed by atoms with van der Waals surface area (Å²) < 4.78 is 5.66. The van der Waals surface area contributed by atoms with Gasteiger partial charge in [0.1, 0.15) is 5.75 Å². The maximum atomic E-state index is 5.66. The van der Waals surface area contributed by atoms with Crippen molar-refractivity contribution in [2.24, 2.45) is 4.99 Å². The Kier molecular flexibility index (Phi) is 9.21. The molecule has 0 aromatic heterocycles. The third kappa shape index (κ3) is 7.02. The zero-order valence-corrected chi connectivity index (χ0v) is 15.1. The lowest BCUT2D eigenvalue weighted by Gasteiger charge is -2.15. The van der Waals surface area contributed by atoms with Gasteiger partial charge in [0.2, 0.25) is 0 Å². The lowest BCUT2D eigenvalue weighted by atomic mass is 10.1. The Morgan fingerprint density at radius 2 is 2.10 bits per heavy atom. The molecule has 1 aromatic carbocycles. The molecule has 0 amide bonds. The minimum Gasteiger partial charge on any atom is -0.494 e. The van der Waals surface area contributed by atoms with Crippen LogP contribution < -0.4 is 15.4 Å². The standard InChI is InChI=1S/C16H25N3O.HI/c1-2-3-13-20-15-7-5-14(6-8-15)9-12-19-16-17-10-4-11-18-16;/h5-8H,2-4,9-13H2,1H3,(H2,17,18,19);1H. The van der Waals surface area contributed by atoms with E-state index < -0.39 is 0 Å². The van der Waals surface area contributed by atoms with Gasteiger partial charge >= 0.3 is 0 Å². The Morgan fingerprint density at radius 1 is 1.29 bits per heavy atom. The van der Waals surface area contributed by atoms with Gasteiger partial charge in [0, 0.05) is 19.6 Å². The number of nitrogens with zero attached hydrogens (tertiary/aromatic N) is 1. The van der Waals surface area contributed by atoms with E-state index in [-0.39, 0.29) is 24.0 Å². The maximum absolute atomic E-state index is 5.66. The molecule has 0 spiro atoms. The molecule has 21 heavy (non-hydrogen) atoms. The quantitative estimate of drug-likeness (QED) is 0.544. The molecule has 0 aliphatic carbocycles. The molecule has 0 saturated heterocycles. The third-order valence-corrected chi connectivity index (χ3v) is 3.29. The molecular formula is C16H26IN3O. The number of aliphatic imine (C=N–C) groups is 1. The second-order valence-electron chi connectivity index (χ2n) is 5.03. The molecule has 1 aromatic rings. The van der Waals surface area contributed by atoms with Crippen LogP contribution in [0, 0.1) is 0 Å². The number of nitrogens with one attached hydrogen (secondary N) is 2. The van der Waals surface area contributed by atoms with Gasteiger partial charge < -0.3 is 15.4 Å². The Labute approximate surface area is 144 Å². The van der Waals surface area contributed by atoms with Crippen molar-refractivity contribution >= 4 is 29.9 Å². The largest absolute Gasteiger partial charge is 0.494 e. The molecule has 2 N–H and O–H groups in total. The third-order valence-electron chi connectivity index (χ3n) is 3.29. The first-order chi connectivity index (χ1) is 9.88. The van der Waals surface area contributed by atoms with Crippen molar-refractivity contribution in [3.8, 4) is 5.75 Å². The van der Waals surface area contributed by atoms with Crippen molar-refractivity contribution in [1.82, 2.24) is 10.6 Å². The highest BCUT2D eigenvalue weighted by molar-refractivity contribution is 14.0. The van der Waals surface area contributed by atoms with E-state index in [4.69, 9.17) is 4.74 Å². The summed E-state index contributed by atoms with van der Waals surface area (Å²) in [6, 6.07) is 8.39. The summed E-state index contributed by atoms with van der Waals surface area (Å²) in [7, 11) is 0. The van der Waals surface area contributed by atoms with Crippen LogP contribution in [0.1, 0.15) is 31.7 Å². The second-order valence-corrected chi connectivity index (χ2v) is 5.03. The number of benzene rings is 1. The zero-order chi connectivity index (χ0) is 14.0. The average Bonchev–Trinajstić information content (AvgIpc) is 2.50. The van der Waals surface area contributed by atoms with Gasteiger partial charge in [-0.1, -0.05) is 25.5 Å². The van der Waals surface area contributed by atoms with Gasteiger partial charge in [-0.25, -0.2) is 0 Å². The van der Waals surface area contributed by atoms with Gasteiger partial charge in [-0.3, -0.25) is 4.99 Å². The number of rotatable bonds is 7.